The van der Waals surface area contributed by atoms with Gasteiger partial charge in [0.25, 0.3) is 6.43 Å². The van der Waals surface area contributed by atoms with Gasteiger partial charge >= 0.3 is 12.6 Å². The van der Waals surface area contributed by atoms with Crippen molar-refractivity contribution in [2.24, 2.45) is 0 Å². The molecule has 3 aliphatic rings. The molecule has 240 valence electrons. The number of pyridine rings is 2. The Morgan fingerprint density at radius 2 is 1.93 bits per heavy atom. The molecule has 12 nitrogen and oxygen atoms in total. The number of rotatable bonds is 9. The zero-order valence-corrected chi connectivity index (χ0v) is 24.4. The second-order valence-electron chi connectivity index (χ2n) is 10.7. The molecule has 3 aromatic rings. The average molecular weight is 655 g/mol. The Kier molecular flexibility index (Phi) is 8.54. The number of carboxylic acids is 1. The van der Waals surface area contributed by atoms with Crippen molar-refractivity contribution in [2.45, 2.75) is 50.2 Å². The van der Waals surface area contributed by atoms with E-state index in [-0.39, 0.29) is 42.1 Å². The number of carbonyl (C=O) groups is 1. The van der Waals surface area contributed by atoms with Crippen molar-refractivity contribution in [3.63, 3.8) is 0 Å². The van der Waals surface area contributed by atoms with Gasteiger partial charge in [0, 0.05) is 31.3 Å². The molecular formula is C28H27ClF4N6O6. The molecular weight excluding hydrogens is 628 g/mol. The van der Waals surface area contributed by atoms with Crippen molar-refractivity contribution < 1.29 is 46.4 Å². The number of anilines is 2. The third-order valence-electron chi connectivity index (χ3n) is 7.99. The van der Waals surface area contributed by atoms with Crippen molar-refractivity contribution in [3.05, 3.63) is 47.4 Å². The monoisotopic (exact) mass is 654 g/mol. The van der Waals surface area contributed by atoms with Crippen LogP contribution < -0.4 is 19.3 Å². The molecule has 3 atom stereocenters. The molecule has 3 fully saturated rings. The van der Waals surface area contributed by atoms with Crippen LogP contribution in [0, 0.1) is 0 Å². The highest BCUT2D eigenvalue weighted by Crippen LogP contribution is 2.40. The van der Waals surface area contributed by atoms with E-state index < -0.39 is 48.5 Å². The van der Waals surface area contributed by atoms with E-state index in [0.717, 1.165) is 0 Å². The average Bonchev–Trinajstić information content (AvgIpc) is 3.41. The van der Waals surface area contributed by atoms with Crippen molar-refractivity contribution in [1.29, 1.82) is 0 Å². The zero-order valence-electron chi connectivity index (χ0n) is 23.7. The number of ether oxygens (including phenoxy) is 4. The molecule has 0 bridgehead atoms. The Morgan fingerprint density at radius 3 is 2.62 bits per heavy atom. The minimum Gasteiger partial charge on any atom is -0.480 e. The number of aromatic nitrogens is 4. The number of aliphatic carboxylic acids is 1. The molecule has 6 rings (SSSR count). The minimum absolute atomic E-state index is 0.0329. The number of carboxylic acid groups (broad SMARTS) is 1. The molecule has 45 heavy (non-hydrogen) atoms. The number of hydrogen-bond acceptors (Lipinski definition) is 11. The lowest BCUT2D eigenvalue weighted by molar-refractivity contribution is -0.228. The molecule has 0 aromatic carbocycles. The van der Waals surface area contributed by atoms with E-state index in [4.69, 9.17) is 25.8 Å². The highest BCUT2D eigenvalue weighted by Gasteiger charge is 2.50. The fourth-order valence-corrected chi connectivity index (χ4v) is 5.84. The highest BCUT2D eigenvalue weighted by atomic mass is 35.5. The van der Waals surface area contributed by atoms with Crippen molar-refractivity contribution >= 4 is 29.1 Å². The molecule has 3 saturated heterocycles. The molecule has 1 spiro atoms. The summed E-state index contributed by atoms with van der Waals surface area (Å²) < 4.78 is 75.3. The molecule has 0 amide bonds. The fraction of sp³-hybridized carbons (Fsp3) is 0.464. The summed E-state index contributed by atoms with van der Waals surface area (Å²) in [6.07, 6.45) is -2.48. The lowest BCUT2D eigenvalue weighted by atomic mass is 9.90. The summed E-state index contributed by atoms with van der Waals surface area (Å²) in [7, 11) is 0. The Morgan fingerprint density at radius 1 is 1.13 bits per heavy atom. The molecule has 0 aliphatic carbocycles. The lowest BCUT2D eigenvalue weighted by Crippen LogP contribution is -2.68. The molecule has 0 saturated carbocycles. The summed E-state index contributed by atoms with van der Waals surface area (Å²) in [5.41, 5.74) is -0.0814. The van der Waals surface area contributed by atoms with Crippen LogP contribution in [0.4, 0.5) is 29.1 Å². The fourth-order valence-electron chi connectivity index (χ4n) is 5.69. The maximum Gasteiger partial charge on any atom is 0.388 e. The summed E-state index contributed by atoms with van der Waals surface area (Å²) in [5.74, 6) is -2.49. The van der Waals surface area contributed by atoms with E-state index in [9.17, 15) is 27.5 Å². The predicted octanol–water partition coefficient (Wildman–Crippen LogP) is 4.23. The standard InChI is InChI=1S/C28H27ClF4N6O6/c1-14-28(12-42-13-28)43-6-5-38(14)19-7-15(29)10-34-25(19)44-16-8-20(26(40)41)39(11-16)21-9-18(36-24(37-21)23(30)31)17-3-2-4-22(35-17)45-27(32)33/h2-4,7,9-10,14,16,20,23,27H,5-6,8,11-13H2,1H3,(H,40,41)/t14-,16-,20-/m0/s1. The van der Waals surface area contributed by atoms with Gasteiger partial charge in [0.2, 0.25) is 11.8 Å². The SMILES string of the molecule is C[C@@H]1N(c2cc(Cl)cnc2O[C@H]2C[C@@H](C(=O)O)N(c3cc(-c4cccc(OC(F)F)n4)nc(C(F)F)n3)C2)CCOC12COC2. The van der Waals surface area contributed by atoms with Crippen molar-refractivity contribution in [3.8, 4) is 23.1 Å². The maximum atomic E-state index is 13.9. The first-order chi connectivity index (χ1) is 21.5. The van der Waals surface area contributed by atoms with Gasteiger partial charge in [0.1, 0.15) is 29.3 Å². The van der Waals surface area contributed by atoms with E-state index in [0.29, 0.717) is 37.1 Å². The van der Waals surface area contributed by atoms with Crippen LogP contribution in [0.1, 0.15) is 25.6 Å². The molecule has 17 heteroatoms. The summed E-state index contributed by atoms with van der Waals surface area (Å²) in [6, 6.07) is 5.54. The number of nitrogens with zero attached hydrogens (tertiary/aromatic N) is 6. The molecule has 0 radical (unpaired) electrons. The highest BCUT2D eigenvalue weighted by molar-refractivity contribution is 6.30. The van der Waals surface area contributed by atoms with Gasteiger partial charge in [-0.15, -0.1) is 0 Å². The van der Waals surface area contributed by atoms with Crippen LogP contribution in [0.3, 0.4) is 0 Å². The van der Waals surface area contributed by atoms with Gasteiger partial charge < -0.3 is 33.9 Å². The van der Waals surface area contributed by atoms with Crippen LogP contribution in [-0.2, 0) is 14.3 Å². The van der Waals surface area contributed by atoms with E-state index in [1.54, 1.807) is 6.07 Å². The van der Waals surface area contributed by atoms with Crippen LogP contribution in [0.2, 0.25) is 5.02 Å². The number of halogens is 5. The first-order valence-electron chi connectivity index (χ1n) is 13.9. The summed E-state index contributed by atoms with van der Waals surface area (Å²) in [5, 5.41) is 10.5. The molecule has 1 N–H and O–H groups in total. The van der Waals surface area contributed by atoms with Gasteiger partial charge in [0.15, 0.2) is 5.82 Å². The third-order valence-corrected chi connectivity index (χ3v) is 8.20. The minimum atomic E-state index is -3.15. The van der Waals surface area contributed by atoms with Crippen molar-refractivity contribution in [2.75, 3.05) is 42.7 Å². The largest absolute Gasteiger partial charge is 0.480 e. The second kappa shape index (κ2) is 12.4. The predicted molar refractivity (Wildman–Crippen MR) is 150 cm³/mol. The Hall–Kier alpha value is -4.02. The summed E-state index contributed by atoms with van der Waals surface area (Å²) >= 11 is 6.32. The molecule has 0 unspecified atom stereocenters. The normalized spacial score (nSPS) is 22.6. The van der Waals surface area contributed by atoms with Crippen LogP contribution in [0.25, 0.3) is 11.4 Å². The topological polar surface area (TPSA) is 132 Å². The summed E-state index contributed by atoms with van der Waals surface area (Å²) in [6.45, 7) is 0.624. The third kappa shape index (κ3) is 6.26. The Bertz CT molecular complexity index is 1570. The summed E-state index contributed by atoms with van der Waals surface area (Å²) in [4.78, 5) is 31.8. The van der Waals surface area contributed by atoms with Gasteiger partial charge in [-0.2, -0.15) is 8.78 Å². The van der Waals surface area contributed by atoms with E-state index in [1.807, 2.05) is 6.92 Å². The molecule has 6 heterocycles. The van der Waals surface area contributed by atoms with E-state index in [2.05, 4.69) is 29.6 Å². The van der Waals surface area contributed by atoms with Gasteiger partial charge in [-0.25, -0.2) is 33.5 Å². The first-order valence-corrected chi connectivity index (χ1v) is 14.3. The van der Waals surface area contributed by atoms with Gasteiger partial charge in [-0.05, 0) is 19.1 Å². The first kappa shape index (κ1) is 31.0. The van der Waals surface area contributed by atoms with Gasteiger partial charge in [0.05, 0.1) is 48.8 Å². The zero-order chi connectivity index (χ0) is 31.9. The number of hydrogen-bond donors (Lipinski definition) is 1. The van der Waals surface area contributed by atoms with Crippen LogP contribution >= 0.6 is 11.6 Å². The quantitative estimate of drug-likeness (QED) is 0.331. The number of morpholine rings is 1. The second-order valence-corrected chi connectivity index (χ2v) is 11.2. The van der Waals surface area contributed by atoms with E-state index >= 15 is 0 Å². The van der Waals surface area contributed by atoms with Gasteiger partial charge in [-0.1, -0.05) is 17.7 Å². The Balaban J connectivity index is 1.30. The van der Waals surface area contributed by atoms with Gasteiger partial charge in [-0.3, -0.25) is 0 Å². The van der Waals surface area contributed by atoms with Crippen LogP contribution in [-0.4, -0.2) is 94.3 Å². The van der Waals surface area contributed by atoms with E-state index in [1.165, 1.54) is 35.4 Å². The molecule has 3 aromatic heterocycles. The smallest absolute Gasteiger partial charge is 0.388 e. The van der Waals surface area contributed by atoms with Crippen LogP contribution in [0.5, 0.6) is 11.8 Å². The maximum absolute atomic E-state index is 13.9. The van der Waals surface area contributed by atoms with Crippen molar-refractivity contribution in [1.82, 2.24) is 19.9 Å². The molecule has 3 aliphatic heterocycles. The lowest BCUT2D eigenvalue weighted by Gasteiger charge is -2.53. The number of alkyl halides is 4. The van der Waals surface area contributed by atoms with Crippen LogP contribution in [0.15, 0.2) is 36.5 Å². The Labute approximate surface area is 258 Å².